The smallest absolute Gasteiger partial charge is 0.222 e. The molecular weight excluding hydrogens is 358 g/mol. The summed E-state index contributed by atoms with van der Waals surface area (Å²) in [6.45, 7) is 5.98. The summed E-state index contributed by atoms with van der Waals surface area (Å²) in [4.78, 5) is 21.8. The van der Waals surface area contributed by atoms with E-state index in [9.17, 15) is 4.79 Å². The maximum Gasteiger partial charge on any atom is 0.222 e. The molecule has 1 aromatic carbocycles. The number of aromatic nitrogens is 1. The summed E-state index contributed by atoms with van der Waals surface area (Å²) in [6.07, 6.45) is 7.16. The van der Waals surface area contributed by atoms with E-state index in [0.29, 0.717) is 18.4 Å². The number of piperazine rings is 1. The summed E-state index contributed by atoms with van der Waals surface area (Å²) < 4.78 is 6.87. The summed E-state index contributed by atoms with van der Waals surface area (Å²) in [7, 11) is 0. The van der Waals surface area contributed by atoms with Crippen molar-refractivity contribution in [2.24, 2.45) is 5.92 Å². The van der Waals surface area contributed by atoms with Crippen LogP contribution in [0, 0.1) is 5.92 Å². The lowest BCUT2D eigenvalue weighted by Gasteiger charge is -2.35. The molecule has 146 valence electrons. The molecule has 5 nitrogen and oxygen atoms in total. The van der Waals surface area contributed by atoms with Gasteiger partial charge in [0.25, 0.3) is 0 Å². The molecule has 1 aromatic heterocycles. The van der Waals surface area contributed by atoms with E-state index in [1.807, 2.05) is 19.1 Å². The minimum absolute atomic E-state index is 0.351. The lowest BCUT2D eigenvalue weighted by atomic mass is 9.86. The lowest BCUT2D eigenvalue weighted by Crippen LogP contribution is -2.49. The topological polar surface area (TPSA) is 45.7 Å². The van der Waals surface area contributed by atoms with Crippen LogP contribution in [0.1, 0.15) is 45.4 Å². The number of rotatable bonds is 5. The molecule has 2 heterocycles. The normalized spacial score (nSPS) is 18.9. The van der Waals surface area contributed by atoms with Crippen molar-refractivity contribution in [2.75, 3.05) is 37.7 Å². The van der Waals surface area contributed by atoms with Crippen molar-refractivity contribution < 1.29 is 9.53 Å². The number of hydrogen-bond acceptors (Lipinski definition) is 5. The molecule has 1 saturated carbocycles. The third-order valence-electron chi connectivity index (χ3n) is 5.76. The molecule has 2 aromatic rings. The molecule has 0 bridgehead atoms. The van der Waals surface area contributed by atoms with Gasteiger partial charge >= 0.3 is 0 Å². The number of hydrogen-bond donors (Lipinski definition) is 0. The van der Waals surface area contributed by atoms with E-state index < -0.39 is 0 Å². The largest absolute Gasteiger partial charge is 0.492 e. The average molecular weight is 388 g/mol. The van der Waals surface area contributed by atoms with Crippen LogP contribution in [-0.2, 0) is 4.79 Å². The Hall–Kier alpha value is -1.82. The van der Waals surface area contributed by atoms with Crippen molar-refractivity contribution in [3.63, 3.8) is 0 Å². The minimum Gasteiger partial charge on any atom is -0.492 e. The highest BCUT2D eigenvalue weighted by Crippen LogP contribution is 2.34. The molecule has 1 aliphatic carbocycles. The van der Waals surface area contributed by atoms with Gasteiger partial charge in [-0.05, 0) is 37.8 Å². The van der Waals surface area contributed by atoms with Crippen LogP contribution in [-0.4, -0.2) is 48.6 Å². The van der Waals surface area contributed by atoms with E-state index in [0.717, 1.165) is 53.7 Å². The fourth-order valence-electron chi connectivity index (χ4n) is 4.23. The maximum atomic E-state index is 12.6. The van der Waals surface area contributed by atoms with Crippen molar-refractivity contribution in [3.05, 3.63) is 18.2 Å². The highest BCUT2D eigenvalue weighted by Gasteiger charge is 2.26. The zero-order valence-corrected chi connectivity index (χ0v) is 17.0. The number of thiazole rings is 1. The molecule has 1 saturated heterocycles. The number of carbonyl (C=O) groups excluding carboxylic acids is 1. The van der Waals surface area contributed by atoms with Gasteiger partial charge in [0.15, 0.2) is 5.13 Å². The van der Waals surface area contributed by atoms with Gasteiger partial charge in [-0.1, -0.05) is 36.7 Å². The van der Waals surface area contributed by atoms with Gasteiger partial charge in [-0.15, -0.1) is 0 Å². The average Bonchev–Trinajstić information content (AvgIpc) is 3.14. The number of carbonyl (C=O) groups is 1. The van der Waals surface area contributed by atoms with Crippen LogP contribution in [0.5, 0.6) is 5.75 Å². The summed E-state index contributed by atoms with van der Waals surface area (Å²) in [5.41, 5.74) is 0.954. The predicted molar refractivity (Wildman–Crippen MR) is 111 cm³/mol. The summed E-state index contributed by atoms with van der Waals surface area (Å²) in [5, 5.41) is 1.04. The third kappa shape index (κ3) is 4.21. The summed E-state index contributed by atoms with van der Waals surface area (Å²) in [6, 6.07) is 6.11. The van der Waals surface area contributed by atoms with E-state index in [2.05, 4.69) is 15.9 Å². The van der Waals surface area contributed by atoms with E-state index in [4.69, 9.17) is 9.72 Å². The Morgan fingerprint density at radius 3 is 2.70 bits per heavy atom. The van der Waals surface area contributed by atoms with Crippen LogP contribution >= 0.6 is 11.3 Å². The summed E-state index contributed by atoms with van der Waals surface area (Å²) in [5.74, 6) is 1.83. The molecule has 0 N–H and O–H groups in total. The van der Waals surface area contributed by atoms with Gasteiger partial charge in [-0.25, -0.2) is 4.98 Å². The zero-order chi connectivity index (χ0) is 18.6. The van der Waals surface area contributed by atoms with Crippen molar-refractivity contribution in [1.29, 1.82) is 0 Å². The molecule has 2 fully saturated rings. The standard InChI is InChI=1S/C21H29N3O2S/c1-2-26-17-9-6-10-18-20(17)22-21(27-18)24-13-11-23(12-14-24)19(25)15-16-7-4-3-5-8-16/h6,9-10,16H,2-5,7-8,11-15H2,1H3. The number of ether oxygens (including phenoxy) is 1. The van der Waals surface area contributed by atoms with Crippen LogP contribution in [0.2, 0.25) is 0 Å². The molecule has 2 aliphatic rings. The van der Waals surface area contributed by atoms with E-state index in [-0.39, 0.29) is 0 Å². The molecule has 0 atom stereocenters. The monoisotopic (exact) mass is 387 g/mol. The highest BCUT2D eigenvalue weighted by atomic mass is 32.1. The van der Waals surface area contributed by atoms with E-state index in [1.54, 1.807) is 11.3 Å². The van der Waals surface area contributed by atoms with Gasteiger partial charge in [-0.2, -0.15) is 0 Å². The maximum absolute atomic E-state index is 12.6. The Labute approximate surface area is 165 Å². The Bertz CT molecular complexity index is 777. The van der Waals surface area contributed by atoms with Crippen molar-refractivity contribution >= 4 is 32.6 Å². The Morgan fingerprint density at radius 2 is 1.96 bits per heavy atom. The van der Waals surface area contributed by atoms with E-state index >= 15 is 0 Å². The minimum atomic E-state index is 0.351. The third-order valence-corrected chi connectivity index (χ3v) is 6.84. The molecule has 6 heteroatoms. The number of nitrogens with zero attached hydrogens (tertiary/aromatic N) is 3. The molecule has 0 spiro atoms. The molecule has 1 amide bonds. The number of benzene rings is 1. The molecule has 1 aliphatic heterocycles. The van der Waals surface area contributed by atoms with Crippen molar-refractivity contribution in [2.45, 2.75) is 45.4 Å². The first-order valence-electron chi connectivity index (χ1n) is 10.3. The number of anilines is 1. The van der Waals surface area contributed by atoms with Crippen molar-refractivity contribution in [1.82, 2.24) is 9.88 Å². The van der Waals surface area contributed by atoms with Gasteiger partial charge < -0.3 is 14.5 Å². The predicted octanol–water partition coefficient (Wildman–Crippen LogP) is 4.31. The second-order valence-corrected chi connectivity index (χ2v) is 8.62. The van der Waals surface area contributed by atoms with Crippen molar-refractivity contribution in [3.8, 4) is 5.75 Å². The second-order valence-electron chi connectivity index (χ2n) is 7.61. The van der Waals surface area contributed by atoms with Crippen LogP contribution in [0.4, 0.5) is 5.13 Å². The molecule has 27 heavy (non-hydrogen) atoms. The lowest BCUT2D eigenvalue weighted by molar-refractivity contribution is -0.132. The Morgan fingerprint density at radius 1 is 1.19 bits per heavy atom. The first-order valence-corrected chi connectivity index (χ1v) is 11.1. The molecule has 0 radical (unpaired) electrons. The SMILES string of the molecule is CCOc1cccc2sc(N3CCN(C(=O)CC4CCCCC4)CC3)nc12. The molecule has 0 unspecified atom stereocenters. The first kappa shape index (κ1) is 18.5. The van der Waals surface area contributed by atoms with E-state index in [1.165, 1.54) is 32.1 Å². The second kappa shape index (κ2) is 8.46. The fourth-order valence-corrected chi connectivity index (χ4v) is 5.27. The number of amides is 1. The first-order chi connectivity index (χ1) is 13.2. The van der Waals surface area contributed by atoms with Gasteiger partial charge in [0.2, 0.25) is 5.91 Å². The van der Waals surface area contributed by atoms with Crippen LogP contribution in [0.15, 0.2) is 18.2 Å². The zero-order valence-electron chi connectivity index (χ0n) is 16.2. The number of fused-ring (bicyclic) bond motifs is 1. The van der Waals surface area contributed by atoms with Crippen LogP contribution < -0.4 is 9.64 Å². The highest BCUT2D eigenvalue weighted by molar-refractivity contribution is 7.22. The van der Waals surface area contributed by atoms with Gasteiger partial charge in [0, 0.05) is 32.6 Å². The quantitative estimate of drug-likeness (QED) is 0.767. The van der Waals surface area contributed by atoms with Gasteiger partial charge in [0.05, 0.1) is 11.3 Å². The summed E-state index contributed by atoms with van der Waals surface area (Å²) >= 11 is 1.71. The van der Waals surface area contributed by atoms with Gasteiger partial charge in [0.1, 0.15) is 11.3 Å². The fraction of sp³-hybridized carbons (Fsp3) is 0.619. The van der Waals surface area contributed by atoms with Crippen LogP contribution in [0.3, 0.4) is 0 Å². The molecule has 4 rings (SSSR count). The van der Waals surface area contributed by atoms with Crippen LogP contribution in [0.25, 0.3) is 10.2 Å². The Kier molecular flexibility index (Phi) is 5.81. The number of para-hydroxylation sites is 1. The molecular formula is C21H29N3O2S. The Balaban J connectivity index is 1.36. The van der Waals surface area contributed by atoms with Gasteiger partial charge in [-0.3, -0.25) is 4.79 Å².